The van der Waals surface area contributed by atoms with E-state index in [1.54, 1.807) is 0 Å². The van der Waals surface area contributed by atoms with Crippen molar-refractivity contribution in [2.75, 3.05) is 26.2 Å². The van der Waals surface area contributed by atoms with Gasteiger partial charge in [-0.3, -0.25) is 4.90 Å². The molecule has 0 spiro atoms. The Kier molecular flexibility index (Phi) is 3.92. The first kappa shape index (κ1) is 12.8. The summed E-state index contributed by atoms with van der Waals surface area (Å²) in [5, 5.41) is 4.55. The van der Waals surface area contributed by atoms with Crippen molar-refractivity contribution in [1.29, 1.82) is 0 Å². The lowest BCUT2D eigenvalue weighted by Gasteiger charge is -2.26. The van der Waals surface area contributed by atoms with Gasteiger partial charge in [0.1, 0.15) is 0 Å². The fourth-order valence-electron chi connectivity index (χ4n) is 2.47. The van der Waals surface area contributed by atoms with Gasteiger partial charge >= 0.3 is 0 Å². The van der Waals surface area contributed by atoms with Crippen LogP contribution >= 0.6 is 11.3 Å². The summed E-state index contributed by atoms with van der Waals surface area (Å²) >= 11 is 1.83. The van der Waals surface area contributed by atoms with E-state index < -0.39 is 0 Å². The van der Waals surface area contributed by atoms with Crippen molar-refractivity contribution in [3.8, 4) is 11.3 Å². The molecule has 0 aliphatic carbocycles. The Morgan fingerprint density at radius 1 is 1.21 bits per heavy atom. The third kappa shape index (κ3) is 3.03. The quantitative estimate of drug-likeness (QED) is 0.931. The molecule has 4 heteroatoms. The van der Waals surface area contributed by atoms with E-state index in [9.17, 15) is 0 Å². The van der Waals surface area contributed by atoms with Crippen LogP contribution in [0.25, 0.3) is 11.3 Å². The number of hydrogen-bond acceptors (Lipinski definition) is 4. The number of nitrogens with zero attached hydrogens (tertiary/aromatic N) is 2. The maximum Gasteiger partial charge on any atom is 0.0905 e. The number of piperazine rings is 1. The largest absolute Gasteiger partial charge is 0.314 e. The van der Waals surface area contributed by atoms with E-state index in [1.165, 1.54) is 16.1 Å². The van der Waals surface area contributed by atoms with Crippen molar-refractivity contribution in [2.24, 2.45) is 0 Å². The second-order valence-corrected chi connectivity index (χ2v) is 6.18. The van der Waals surface area contributed by atoms with E-state index in [0.717, 1.165) is 37.7 Å². The number of aryl methyl sites for hydroxylation is 1. The summed E-state index contributed by atoms with van der Waals surface area (Å²) in [5.41, 5.74) is 2.40. The Bertz CT molecular complexity index is 530. The van der Waals surface area contributed by atoms with Gasteiger partial charge in [-0.1, -0.05) is 30.3 Å². The molecule has 100 valence electrons. The molecule has 19 heavy (non-hydrogen) atoms. The Hall–Kier alpha value is -1.23. The first-order chi connectivity index (χ1) is 9.33. The maximum absolute atomic E-state index is 4.72. The van der Waals surface area contributed by atoms with Crippen molar-refractivity contribution < 1.29 is 0 Å². The fraction of sp³-hybridized carbons (Fsp3) is 0.400. The summed E-state index contributed by atoms with van der Waals surface area (Å²) in [4.78, 5) is 8.63. The predicted molar refractivity (Wildman–Crippen MR) is 80.4 cm³/mol. The smallest absolute Gasteiger partial charge is 0.0905 e. The van der Waals surface area contributed by atoms with Crippen molar-refractivity contribution >= 4 is 11.3 Å². The molecule has 0 radical (unpaired) electrons. The van der Waals surface area contributed by atoms with Crippen LogP contribution in [0.3, 0.4) is 0 Å². The van der Waals surface area contributed by atoms with E-state index in [-0.39, 0.29) is 0 Å². The number of aromatic nitrogens is 1. The SMILES string of the molecule is Cc1nc(-c2ccccc2)c(CN2CCNCC2)s1. The van der Waals surface area contributed by atoms with Crippen LogP contribution in [0.15, 0.2) is 30.3 Å². The minimum absolute atomic E-state index is 1.03. The van der Waals surface area contributed by atoms with E-state index in [1.807, 2.05) is 11.3 Å². The normalized spacial score (nSPS) is 16.7. The molecule has 1 saturated heterocycles. The number of thiazole rings is 1. The van der Waals surface area contributed by atoms with Gasteiger partial charge in [0, 0.05) is 43.2 Å². The van der Waals surface area contributed by atoms with Crippen molar-refractivity contribution in [2.45, 2.75) is 13.5 Å². The first-order valence-electron chi connectivity index (χ1n) is 6.78. The molecule has 2 heterocycles. The molecule has 3 rings (SSSR count). The number of benzene rings is 1. The van der Waals surface area contributed by atoms with Crippen molar-refractivity contribution in [1.82, 2.24) is 15.2 Å². The van der Waals surface area contributed by atoms with E-state index in [2.05, 4.69) is 47.5 Å². The summed E-state index contributed by atoms with van der Waals surface area (Å²) in [6, 6.07) is 10.5. The molecule has 0 amide bonds. The second kappa shape index (κ2) is 5.82. The maximum atomic E-state index is 4.72. The highest BCUT2D eigenvalue weighted by molar-refractivity contribution is 7.12. The van der Waals surface area contributed by atoms with Gasteiger partial charge in [0.2, 0.25) is 0 Å². The first-order valence-corrected chi connectivity index (χ1v) is 7.59. The van der Waals surface area contributed by atoms with Gasteiger partial charge in [0.05, 0.1) is 10.7 Å². The monoisotopic (exact) mass is 273 g/mol. The van der Waals surface area contributed by atoms with Crippen LogP contribution < -0.4 is 5.32 Å². The molecule has 1 aliphatic heterocycles. The van der Waals surface area contributed by atoms with Gasteiger partial charge in [-0.25, -0.2) is 4.98 Å². The van der Waals surface area contributed by atoms with Gasteiger partial charge < -0.3 is 5.32 Å². The molecule has 1 N–H and O–H groups in total. The summed E-state index contributed by atoms with van der Waals surface area (Å²) in [6.45, 7) is 7.57. The minimum Gasteiger partial charge on any atom is -0.314 e. The Labute approximate surface area is 118 Å². The highest BCUT2D eigenvalue weighted by atomic mass is 32.1. The van der Waals surface area contributed by atoms with Crippen molar-refractivity contribution in [3.05, 3.63) is 40.2 Å². The Morgan fingerprint density at radius 3 is 2.68 bits per heavy atom. The molecule has 3 nitrogen and oxygen atoms in total. The molecule has 1 fully saturated rings. The summed E-state index contributed by atoms with van der Waals surface area (Å²) in [5.74, 6) is 0. The lowest BCUT2D eigenvalue weighted by Crippen LogP contribution is -2.42. The molecule has 0 bridgehead atoms. The third-order valence-corrected chi connectivity index (χ3v) is 4.38. The fourth-order valence-corrected chi connectivity index (χ4v) is 3.47. The molecular weight excluding hydrogens is 254 g/mol. The molecular formula is C15H19N3S. The molecule has 1 aromatic carbocycles. The minimum atomic E-state index is 1.03. The topological polar surface area (TPSA) is 28.2 Å². The lowest BCUT2D eigenvalue weighted by atomic mass is 10.1. The summed E-state index contributed by atoms with van der Waals surface area (Å²) in [6.07, 6.45) is 0. The zero-order valence-corrected chi connectivity index (χ0v) is 12.0. The lowest BCUT2D eigenvalue weighted by molar-refractivity contribution is 0.235. The number of rotatable bonds is 3. The van der Waals surface area contributed by atoms with E-state index >= 15 is 0 Å². The van der Waals surface area contributed by atoms with Crippen LogP contribution in [0.5, 0.6) is 0 Å². The molecule has 0 unspecified atom stereocenters. The second-order valence-electron chi connectivity index (χ2n) is 4.90. The van der Waals surface area contributed by atoms with Gasteiger partial charge in [-0.15, -0.1) is 11.3 Å². The summed E-state index contributed by atoms with van der Waals surface area (Å²) < 4.78 is 0. The number of hydrogen-bond donors (Lipinski definition) is 1. The standard InChI is InChI=1S/C15H19N3S/c1-12-17-15(13-5-3-2-4-6-13)14(19-12)11-18-9-7-16-8-10-18/h2-6,16H,7-11H2,1H3. The highest BCUT2D eigenvalue weighted by Crippen LogP contribution is 2.29. The van der Waals surface area contributed by atoms with Crippen LogP contribution in [0.2, 0.25) is 0 Å². The highest BCUT2D eigenvalue weighted by Gasteiger charge is 2.16. The van der Waals surface area contributed by atoms with Crippen LogP contribution in [0, 0.1) is 6.92 Å². The van der Waals surface area contributed by atoms with Crippen LogP contribution in [-0.4, -0.2) is 36.1 Å². The molecule has 0 atom stereocenters. The summed E-state index contributed by atoms with van der Waals surface area (Å²) in [7, 11) is 0. The van der Waals surface area contributed by atoms with Gasteiger partial charge in [0.15, 0.2) is 0 Å². The molecule has 2 aromatic rings. The van der Waals surface area contributed by atoms with Crippen LogP contribution in [0.4, 0.5) is 0 Å². The van der Waals surface area contributed by atoms with Gasteiger partial charge in [-0.2, -0.15) is 0 Å². The molecule has 0 saturated carbocycles. The van der Waals surface area contributed by atoms with E-state index in [0.29, 0.717) is 0 Å². The van der Waals surface area contributed by atoms with Gasteiger partial charge in [-0.05, 0) is 6.92 Å². The predicted octanol–water partition coefficient (Wildman–Crippen LogP) is 2.52. The zero-order chi connectivity index (χ0) is 13.1. The van der Waals surface area contributed by atoms with E-state index in [4.69, 9.17) is 4.98 Å². The third-order valence-electron chi connectivity index (χ3n) is 3.43. The van der Waals surface area contributed by atoms with Crippen molar-refractivity contribution in [3.63, 3.8) is 0 Å². The zero-order valence-electron chi connectivity index (χ0n) is 11.2. The molecule has 1 aliphatic rings. The number of nitrogens with one attached hydrogen (secondary N) is 1. The van der Waals surface area contributed by atoms with Crippen LogP contribution in [-0.2, 0) is 6.54 Å². The van der Waals surface area contributed by atoms with Gasteiger partial charge in [0.25, 0.3) is 0 Å². The van der Waals surface area contributed by atoms with Crippen LogP contribution in [0.1, 0.15) is 9.88 Å². The average molecular weight is 273 g/mol. The Morgan fingerprint density at radius 2 is 1.95 bits per heavy atom. The Balaban J connectivity index is 1.85. The molecule has 1 aromatic heterocycles. The average Bonchev–Trinajstić information content (AvgIpc) is 2.82.